The van der Waals surface area contributed by atoms with Gasteiger partial charge >= 0.3 is 0 Å². The molecule has 1 fully saturated rings. The fraction of sp³-hybridized carbons (Fsp3) is 0.360. The standard InChI is InChI=1S/C25H30N6O2S/c1-25(2,32)8-7-18-5-4-6-19(13-18)17-33-21-14-20(15-27-23(21)29-26)22-16-28-24(34-22)31-11-9-30(3)10-12-31/h4-6,13-16,32H,9-12,17,26H2,1-3H3,(H,27,29). The maximum Gasteiger partial charge on any atom is 0.185 e. The van der Waals surface area contributed by atoms with Crippen molar-refractivity contribution < 1.29 is 9.84 Å². The molecule has 0 atom stereocenters. The zero-order valence-corrected chi connectivity index (χ0v) is 20.5. The van der Waals surface area contributed by atoms with Gasteiger partial charge in [0.2, 0.25) is 0 Å². The van der Waals surface area contributed by atoms with Gasteiger partial charge < -0.3 is 25.1 Å². The van der Waals surface area contributed by atoms with E-state index in [0.29, 0.717) is 18.2 Å². The van der Waals surface area contributed by atoms with Gasteiger partial charge in [-0.3, -0.25) is 0 Å². The fourth-order valence-electron chi connectivity index (χ4n) is 3.47. The molecule has 3 heterocycles. The van der Waals surface area contributed by atoms with Crippen molar-refractivity contribution in [2.75, 3.05) is 43.6 Å². The average Bonchev–Trinajstić information content (AvgIpc) is 3.32. The van der Waals surface area contributed by atoms with Crippen molar-refractivity contribution in [3.8, 4) is 28.0 Å². The maximum atomic E-state index is 9.83. The second-order valence-electron chi connectivity index (χ2n) is 8.81. The molecule has 2 aromatic heterocycles. The molecule has 0 aliphatic carbocycles. The number of nitrogens with two attached hydrogens (primary N) is 1. The second kappa shape index (κ2) is 10.4. The minimum Gasteiger partial charge on any atom is -0.485 e. The molecule has 1 aromatic carbocycles. The number of nitrogens with zero attached hydrogens (tertiary/aromatic N) is 4. The number of hydrogen-bond donors (Lipinski definition) is 3. The van der Waals surface area contributed by atoms with E-state index in [9.17, 15) is 5.11 Å². The Bertz CT molecular complexity index is 1190. The van der Waals surface area contributed by atoms with E-state index in [1.165, 1.54) is 0 Å². The number of hydrogen-bond acceptors (Lipinski definition) is 9. The number of piperazine rings is 1. The van der Waals surface area contributed by atoms with Crippen LogP contribution in [0.15, 0.2) is 42.7 Å². The number of pyridine rings is 1. The smallest absolute Gasteiger partial charge is 0.185 e. The Kier molecular flexibility index (Phi) is 7.34. The molecule has 1 aliphatic rings. The van der Waals surface area contributed by atoms with Crippen LogP contribution in [-0.4, -0.2) is 58.8 Å². The lowest BCUT2D eigenvalue weighted by Gasteiger charge is -2.32. The number of anilines is 2. The van der Waals surface area contributed by atoms with Crippen LogP contribution in [0.2, 0.25) is 0 Å². The SMILES string of the molecule is CN1CCN(c2ncc(-c3cnc(NN)c(OCc4cccc(C#CC(C)(C)O)c4)c3)s2)CC1. The molecule has 0 saturated carbocycles. The van der Waals surface area contributed by atoms with E-state index in [-0.39, 0.29) is 0 Å². The van der Waals surface area contributed by atoms with E-state index in [0.717, 1.165) is 52.9 Å². The van der Waals surface area contributed by atoms with Crippen molar-refractivity contribution in [1.29, 1.82) is 0 Å². The molecule has 1 saturated heterocycles. The normalized spacial score (nSPS) is 14.4. The van der Waals surface area contributed by atoms with Crippen LogP contribution < -0.4 is 20.9 Å². The van der Waals surface area contributed by atoms with Crippen LogP contribution in [0.25, 0.3) is 10.4 Å². The summed E-state index contributed by atoms with van der Waals surface area (Å²) in [7, 11) is 2.14. The van der Waals surface area contributed by atoms with Gasteiger partial charge in [0.1, 0.15) is 12.2 Å². The summed E-state index contributed by atoms with van der Waals surface area (Å²) >= 11 is 1.65. The molecule has 0 amide bonds. The third-order valence-corrected chi connectivity index (χ3v) is 6.48. The van der Waals surface area contributed by atoms with Crippen molar-refractivity contribution >= 4 is 22.3 Å². The number of nitrogen functional groups attached to an aromatic ring is 1. The van der Waals surface area contributed by atoms with Crippen LogP contribution >= 0.6 is 11.3 Å². The van der Waals surface area contributed by atoms with Gasteiger partial charge in [0.15, 0.2) is 16.7 Å². The monoisotopic (exact) mass is 478 g/mol. The molecule has 4 rings (SSSR count). The van der Waals surface area contributed by atoms with Crippen molar-refractivity contribution in [3.05, 3.63) is 53.9 Å². The summed E-state index contributed by atoms with van der Waals surface area (Å²) in [6, 6.07) is 9.66. The van der Waals surface area contributed by atoms with Crippen molar-refractivity contribution in [3.63, 3.8) is 0 Å². The molecule has 0 bridgehead atoms. The summed E-state index contributed by atoms with van der Waals surface area (Å²) in [5.74, 6) is 12.5. The minimum atomic E-state index is -1.04. The number of likely N-dealkylation sites (N-methyl/N-ethyl adjacent to an activating group) is 1. The Labute approximate surface area is 204 Å². The predicted molar refractivity (Wildman–Crippen MR) is 137 cm³/mol. The van der Waals surface area contributed by atoms with Gasteiger partial charge in [-0.2, -0.15) is 0 Å². The van der Waals surface area contributed by atoms with Crippen LogP contribution in [-0.2, 0) is 6.61 Å². The number of aliphatic hydroxyl groups is 1. The first-order valence-corrected chi connectivity index (χ1v) is 12.0. The first kappa shape index (κ1) is 24.0. The van der Waals surface area contributed by atoms with E-state index >= 15 is 0 Å². The third-order valence-electron chi connectivity index (χ3n) is 5.38. The molecule has 0 unspecified atom stereocenters. The highest BCUT2D eigenvalue weighted by molar-refractivity contribution is 7.18. The highest BCUT2D eigenvalue weighted by atomic mass is 32.1. The van der Waals surface area contributed by atoms with Gasteiger partial charge in [-0.1, -0.05) is 35.3 Å². The summed E-state index contributed by atoms with van der Waals surface area (Å²) < 4.78 is 6.08. The predicted octanol–water partition coefficient (Wildman–Crippen LogP) is 2.94. The molecule has 4 N–H and O–H groups in total. The van der Waals surface area contributed by atoms with Crippen LogP contribution in [0.1, 0.15) is 25.0 Å². The van der Waals surface area contributed by atoms with Gasteiger partial charge in [-0.25, -0.2) is 15.8 Å². The fourth-order valence-corrected chi connectivity index (χ4v) is 4.41. The Morgan fingerprint density at radius 1 is 1.18 bits per heavy atom. The molecule has 34 heavy (non-hydrogen) atoms. The number of rotatable bonds is 6. The van der Waals surface area contributed by atoms with E-state index < -0.39 is 5.60 Å². The van der Waals surface area contributed by atoms with Crippen LogP contribution in [0.5, 0.6) is 5.75 Å². The molecule has 1 aliphatic heterocycles. The average molecular weight is 479 g/mol. The van der Waals surface area contributed by atoms with Crippen molar-refractivity contribution in [1.82, 2.24) is 14.9 Å². The Morgan fingerprint density at radius 2 is 1.97 bits per heavy atom. The summed E-state index contributed by atoms with van der Waals surface area (Å²) in [6.07, 6.45) is 3.66. The van der Waals surface area contributed by atoms with Gasteiger partial charge in [0, 0.05) is 49.7 Å². The first-order valence-electron chi connectivity index (χ1n) is 11.1. The van der Waals surface area contributed by atoms with Crippen LogP contribution in [0.4, 0.5) is 10.9 Å². The molecule has 9 heteroatoms. The van der Waals surface area contributed by atoms with E-state index in [1.54, 1.807) is 31.4 Å². The summed E-state index contributed by atoms with van der Waals surface area (Å²) in [5.41, 5.74) is 4.26. The summed E-state index contributed by atoms with van der Waals surface area (Å²) in [5, 5.41) is 10.9. The third kappa shape index (κ3) is 6.24. The zero-order valence-electron chi connectivity index (χ0n) is 19.7. The quantitative estimate of drug-likeness (QED) is 0.283. The number of hydrazine groups is 1. The highest BCUT2D eigenvalue weighted by Gasteiger charge is 2.18. The number of nitrogens with one attached hydrogen (secondary N) is 1. The molecule has 178 valence electrons. The molecule has 0 radical (unpaired) electrons. The lowest BCUT2D eigenvalue weighted by atomic mass is 10.1. The second-order valence-corrected chi connectivity index (χ2v) is 9.82. The highest BCUT2D eigenvalue weighted by Crippen LogP contribution is 2.35. The zero-order chi connectivity index (χ0) is 24.1. The maximum absolute atomic E-state index is 9.83. The van der Waals surface area contributed by atoms with Crippen molar-refractivity contribution in [2.45, 2.75) is 26.1 Å². The Morgan fingerprint density at radius 3 is 2.71 bits per heavy atom. The Hall–Kier alpha value is -3.16. The minimum absolute atomic E-state index is 0.326. The molecule has 8 nitrogen and oxygen atoms in total. The summed E-state index contributed by atoms with van der Waals surface area (Å²) in [6.45, 7) is 7.67. The van der Waals surface area contributed by atoms with Crippen molar-refractivity contribution in [2.24, 2.45) is 5.84 Å². The number of aromatic nitrogens is 2. The number of benzene rings is 1. The lowest BCUT2D eigenvalue weighted by Crippen LogP contribution is -2.44. The summed E-state index contributed by atoms with van der Waals surface area (Å²) in [4.78, 5) is 14.8. The number of ether oxygens (including phenoxy) is 1. The molecule has 3 aromatic rings. The van der Waals surface area contributed by atoms with Crippen LogP contribution in [0.3, 0.4) is 0 Å². The van der Waals surface area contributed by atoms with E-state index in [2.05, 4.69) is 44.1 Å². The van der Waals surface area contributed by atoms with Gasteiger partial charge in [0.25, 0.3) is 0 Å². The Balaban J connectivity index is 1.49. The lowest BCUT2D eigenvalue weighted by molar-refractivity contribution is 0.143. The van der Waals surface area contributed by atoms with Gasteiger partial charge in [0.05, 0.1) is 4.88 Å². The van der Waals surface area contributed by atoms with Gasteiger partial charge in [-0.05, 0) is 44.7 Å². The topological polar surface area (TPSA) is 99.8 Å². The largest absolute Gasteiger partial charge is 0.485 e. The molecule has 0 spiro atoms. The number of thiazole rings is 1. The van der Waals surface area contributed by atoms with Crippen LogP contribution in [0, 0.1) is 11.8 Å². The van der Waals surface area contributed by atoms with E-state index in [4.69, 9.17) is 10.6 Å². The molecular weight excluding hydrogens is 448 g/mol. The molecular formula is C25H30N6O2S. The van der Waals surface area contributed by atoms with E-state index in [1.807, 2.05) is 36.5 Å². The van der Waals surface area contributed by atoms with Gasteiger partial charge in [-0.15, -0.1) is 0 Å². The first-order chi connectivity index (χ1) is 16.3.